The van der Waals surface area contributed by atoms with Crippen LogP contribution in [0.2, 0.25) is 0 Å². The molecule has 0 bridgehead atoms. The monoisotopic (exact) mass is 287 g/mol. The minimum absolute atomic E-state index is 0.214. The van der Waals surface area contributed by atoms with Crippen molar-refractivity contribution in [3.05, 3.63) is 53.3 Å². The Kier molecular flexibility index (Phi) is 5.51. The second-order valence-corrected chi connectivity index (χ2v) is 5.00. The van der Waals surface area contributed by atoms with E-state index in [4.69, 9.17) is 0 Å². The van der Waals surface area contributed by atoms with Gasteiger partial charge in [-0.1, -0.05) is 43.7 Å². The summed E-state index contributed by atoms with van der Waals surface area (Å²) in [5.41, 5.74) is 2.22. The van der Waals surface area contributed by atoms with E-state index in [0.717, 1.165) is 24.1 Å². The van der Waals surface area contributed by atoms with Crippen LogP contribution in [-0.2, 0) is 6.42 Å². The van der Waals surface area contributed by atoms with Crippen molar-refractivity contribution in [1.82, 2.24) is 15.5 Å². The number of hydrogen-bond acceptors (Lipinski definition) is 3. The van der Waals surface area contributed by atoms with Crippen LogP contribution in [0.15, 0.2) is 36.4 Å². The molecular weight excluding hydrogens is 266 g/mol. The number of rotatable bonds is 7. The van der Waals surface area contributed by atoms with Gasteiger partial charge in [0.1, 0.15) is 5.69 Å². The number of benzene rings is 1. The van der Waals surface area contributed by atoms with E-state index < -0.39 is 6.10 Å². The van der Waals surface area contributed by atoms with Crippen LogP contribution in [0.25, 0.3) is 0 Å². The molecule has 1 aromatic heterocycles. The third-order valence-corrected chi connectivity index (χ3v) is 3.27. The van der Waals surface area contributed by atoms with Gasteiger partial charge in [-0.05, 0) is 24.5 Å². The van der Waals surface area contributed by atoms with Crippen molar-refractivity contribution in [2.75, 3.05) is 6.54 Å². The van der Waals surface area contributed by atoms with Crippen molar-refractivity contribution in [3.8, 4) is 0 Å². The zero-order valence-electron chi connectivity index (χ0n) is 12.2. The van der Waals surface area contributed by atoms with Crippen LogP contribution in [0, 0.1) is 0 Å². The number of amides is 1. The number of aromatic amines is 1. The molecule has 0 saturated heterocycles. The van der Waals surface area contributed by atoms with E-state index in [9.17, 15) is 9.90 Å². The standard InChI is InChI=1S/C16H21N3O2/c1-2-6-13-11-14(19-18-13)16(21)17-10-9-15(20)12-7-4-3-5-8-12/h3-5,7-8,11,15,20H,2,6,9-10H2,1H3,(H,17,21)(H,18,19). The van der Waals surface area contributed by atoms with Gasteiger partial charge in [-0.25, -0.2) is 0 Å². The fourth-order valence-electron chi connectivity index (χ4n) is 2.13. The summed E-state index contributed by atoms with van der Waals surface area (Å²) in [4.78, 5) is 11.9. The van der Waals surface area contributed by atoms with Crippen molar-refractivity contribution >= 4 is 5.91 Å². The highest BCUT2D eigenvalue weighted by Gasteiger charge is 2.11. The number of H-pyrrole nitrogens is 1. The summed E-state index contributed by atoms with van der Waals surface area (Å²) in [5, 5.41) is 19.6. The predicted molar refractivity (Wildman–Crippen MR) is 80.9 cm³/mol. The first-order valence-electron chi connectivity index (χ1n) is 7.26. The number of nitrogens with zero attached hydrogens (tertiary/aromatic N) is 1. The van der Waals surface area contributed by atoms with Crippen molar-refractivity contribution in [3.63, 3.8) is 0 Å². The molecule has 0 aliphatic carbocycles. The lowest BCUT2D eigenvalue weighted by Crippen LogP contribution is -2.26. The molecule has 21 heavy (non-hydrogen) atoms. The molecule has 112 valence electrons. The van der Waals surface area contributed by atoms with Crippen LogP contribution in [0.1, 0.15) is 47.6 Å². The largest absolute Gasteiger partial charge is 0.388 e. The first-order chi connectivity index (χ1) is 10.2. The molecule has 1 atom stereocenters. The van der Waals surface area contributed by atoms with Gasteiger partial charge in [0.2, 0.25) is 0 Å². The predicted octanol–water partition coefficient (Wildman–Crippen LogP) is 2.22. The number of nitrogens with one attached hydrogen (secondary N) is 2. The average molecular weight is 287 g/mol. The van der Waals surface area contributed by atoms with Gasteiger partial charge in [0.05, 0.1) is 6.10 Å². The highest BCUT2D eigenvalue weighted by Crippen LogP contribution is 2.14. The fourth-order valence-corrected chi connectivity index (χ4v) is 2.13. The van der Waals surface area contributed by atoms with E-state index in [1.54, 1.807) is 6.07 Å². The number of carbonyl (C=O) groups is 1. The molecule has 1 amide bonds. The maximum atomic E-state index is 11.9. The molecule has 1 heterocycles. The summed E-state index contributed by atoms with van der Waals surface area (Å²) in [6.45, 7) is 2.48. The van der Waals surface area contributed by atoms with E-state index in [2.05, 4.69) is 22.4 Å². The lowest BCUT2D eigenvalue weighted by Gasteiger charge is -2.10. The topological polar surface area (TPSA) is 78.0 Å². The first kappa shape index (κ1) is 15.3. The Hall–Kier alpha value is -2.14. The number of aliphatic hydroxyl groups is 1. The molecule has 2 aromatic rings. The SMILES string of the molecule is CCCc1cc(C(=O)NCCC(O)c2ccccc2)n[nH]1. The highest BCUT2D eigenvalue weighted by molar-refractivity contribution is 5.92. The van der Waals surface area contributed by atoms with Crippen LogP contribution in [-0.4, -0.2) is 27.8 Å². The summed E-state index contributed by atoms with van der Waals surface area (Å²) < 4.78 is 0. The number of aromatic nitrogens is 2. The molecule has 0 spiro atoms. The smallest absolute Gasteiger partial charge is 0.271 e. The van der Waals surface area contributed by atoms with Gasteiger partial charge in [-0.3, -0.25) is 9.89 Å². The molecule has 0 aliphatic rings. The van der Waals surface area contributed by atoms with Crippen LogP contribution in [0.4, 0.5) is 0 Å². The van der Waals surface area contributed by atoms with Crippen molar-refractivity contribution in [2.24, 2.45) is 0 Å². The molecule has 5 nitrogen and oxygen atoms in total. The molecule has 0 fully saturated rings. The molecular formula is C16H21N3O2. The van der Waals surface area contributed by atoms with Crippen LogP contribution in [0.3, 0.4) is 0 Å². The Morgan fingerprint density at radius 2 is 2.14 bits per heavy atom. The third kappa shape index (κ3) is 4.43. The second kappa shape index (κ2) is 7.59. The summed E-state index contributed by atoms with van der Waals surface area (Å²) in [5.74, 6) is -0.214. The van der Waals surface area contributed by atoms with E-state index in [-0.39, 0.29) is 5.91 Å². The van der Waals surface area contributed by atoms with Gasteiger partial charge < -0.3 is 10.4 Å². The summed E-state index contributed by atoms with van der Waals surface area (Å²) in [7, 11) is 0. The van der Waals surface area contributed by atoms with Crippen molar-refractivity contribution in [2.45, 2.75) is 32.3 Å². The number of aliphatic hydroxyl groups excluding tert-OH is 1. The normalized spacial score (nSPS) is 12.1. The van der Waals surface area contributed by atoms with Gasteiger partial charge in [0.15, 0.2) is 0 Å². The van der Waals surface area contributed by atoms with Crippen molar-refractivity contribution < 1.29 is 9.90 Å². The molecule has 0 radical (unpaired) electrons. The van der Waals surface area contributed by atoms with Gasteiger partial charge in [0.25, 0.3) is 5.91 Å². The van der Waals surface area contributed by atoms with Crippen LogP contribution >= 0.6 is 0 Å². The Balaban J connectivity index is 1.78. The Labute approximate surface area is 124 Å². The first-order valence-corrected chi connectivity index (χ1v) is 7.26. The molecule has 0 saturated carbocycles. The summed E-state index contributed by atoms with van der Waals surface area (Å²) >= 11 is 0. The van der Waals surface area contributed by atoms with Crippen LogP contribution in [0.5, 0.6) is 0 Å². The van der Waals surface area contributed by atoms with Gasteiger partial charge >= 0.3 is 0 Å². The maximum Gasteiger partial charge on any atom is 0.271 e. The van der Waals surface area contributed by atoms with E-state index in [0.29, 0.717) is 18.7 Å². The van der Waals surface area contributed by atoms with Gasteiger partial charge in [-0.15, -0.1) is 0 Å². The zero-order chi connectivity index (χ0) is 15.1. The Bertz CT molecular complexity index is 566. The number of hydrogen-bond donors (Lipinski definition) is 3. The third-order valence-electron chi connectivity index (χ3n) is 3.27. The molecule has 0 aliphatic heterocycles. The molecule has 2 rings (SSSR count). The molecule has 1 unspecified atom stereocenters. The second-order valence-electron chi connectivity index (χ2n) is 5.00. The van der Waals surface area contributed by atoms with Gasteiger partial charge in [-0.2, -0.15) is 5.10 Å². The number of aryl methyl sites for hydroxylation is 1. The van der Waals surface area contributed by atoms with Crippen molar-refractivity contribution in [1.29, 1.82) is 0 Å². The highest BCUT2D eigenvalue weighted by atomic mass is 16.3. The minimum atomic E-state index is -0.568. The van der Waals surface area contributed by atoms with Crippen LogP contribution < -0.4 is 5.32 Å². The summed E-state index contributed by atoms with van der Waals surface area (Å²) in [6.07, 6.45) is 1.79. The van der Waals surface area contributed by atoms with E-state index in [1.165, 1.54) is 0 Å². The Morgan fingerprint density at radius 3 is 2.86 bits per heavy atom. The number of carbonyl (C=O) groups excluding carboxylic acids is 1. The lowest BCUT2D eigenvalue weighted by molar-refractivity contribution is 0.0937. The molecule has 3 N–H and O–H groups in total. The fraction of sp³-hybridized carbons (Fsp3) is 0.375. The quantitative estimate of drug-likeness (QED) is 0.730. The molecule has 1 aromatic carbocycles. The van der Waals surface area contributed by atoms with Gasteiger partial charge in [0, 0.05) is 12.2 Å². The summed E-state index contributed by atoms with van der Waals surface area (Å²) in [6, 6.07) is 11.2. The zero-order valence-corrected chi connectivity index (χ0v) is 12.2. The molecule has 5 heteroatoms. The van der Waals surface area contributed by atoms with E-state index in [1.807, 2.05) is 30.3 Å². The minimum Gasteiger partial charge on any atom is -0.388 e. The lowest BCUT2D eigenvalue weighted by atomic mass is 10.1. The maximum absolute atomic E-state index is 11.9. The average Bonchev–Trinajstić information content (AvgIpc) is 2.97. The Morgan fingerprint density at radius 1 is 1.38 bits per heavy atom. The van der Waals surface area contributed by atoms with E-state index >= 15 is 0 Å².